The summed E-state index contributed by atoms with van der Waals surface area (Å²) in [6.07, 6.45) is 7.01. The second-order valence-corrected chi connectivity index (χ2v) is 4.48. The molecule has 0 fully saturated rings. The Morgan fingerprint density at radius 3 is 2.60 bits per heavy atom. The zero-order valence-electron chi connectivity index (χ0n) is 11.1. The summed E-state index contributed by atoms with van der Waals surface area (Å²) in [5.74, 6) is -0.0593. The van der Waals surface area contributed by atoms with E-state index < -0.39 is 12.0 Å². The van der Waals surface area contributed by atoms with Gasteiger partial charge in [0.2, 0.25) is 0 Å². The molecule has 0 bridgehead atoms. The van der Waals surface area contributed by atoms with Crippen molar-refractivity contribution in [1.29, 1.82) is 0 Å². The highest BCUT2D eigenvalue weighted by Crippen LogP contribution is 2.19. The molecule has 2 atom stereocenters. The molecular formula is C16H16O4. The Morgan fingerprint density at radius 2 is 2.00 bits per heavy atom. The van der Waals surface area contributed by atoms with Crippen LogP contribution in [0, 0.1) is 5.92 Å². The number of methoxy groups -OCH3 is 1. The third-order valence-electron chi connectivity index (χ3n) is 3.07. The Labute approximate surface area is 117 Å². The van der Waals surface area contributed by atoms with Crippen molar-refractivity contribution in [3.63, 3.8) is 0 Å². The number of carbonyl (C=O) groups is 1. The highest BCUT2D eigenvalue weighted by atomic mass is 16.5. The average molecular weight is 272 g/mol. The van der Waals surface area contributed by atoms with Crippen LogP contribution >= 0.6 is 0 Å². The van der Waals surface area contributed by atoms with E-state index in [0.29, 0.717) is 5.76 Å². The lowest BCUT2D eigenvalue weighted by molar-refractivity contribution is -0.118. The lowest BCUT2D eigenvalue weighted by Gasteiger charge is -2.18. The van der Waals surface area contributed by atoms with E-state index in [9.17, 15) is 9.90 Å². The first-order valence-electron chi connectivity index (χ1n) is 6.23. The van der Waals surface area contributed by atoms with E-state index in [0.717, 1.165) is 5.56 Å². The minimum absolute atomic E-state index is 0.177. The second kappa shape index (κ2) is 6.21. The van der Waals surface area contributed by atoms with Crippen molar-refractivity contribution in [2.75, 3.05) is 7.11 Å². The van der Waals surface area contributed by atoms with Gasteiger partial charge in [-0.3, -0.25) is 4.79 Å². The first-order chi connectivity index (χ1) is 9.60. The van der Waals surface area contributed by atoms with E-state index in [1.54, 1.807) is 42.5 Å². The molecule has 4 nitrogen and oxygen atoms in total. The lowest BCUT2D eigenvalue weighted by Crippen LogP contribution is -2.26. The zero-order chi connectivity index (χ0) is 14.5. The van der Waals surface area contributed by atoms with E-state index in [1.807, 2.05) is 0 Å². The van der Waals surface area contributed by atoms with Crippen LogP contribution in [0.2, 0.25) is 0 Å². The number of phenols is 1. The van der Waals surface area contributed by atoms with Crippen LogP contribution in [0.15, 0.2) is 54.3 Å². The van der Waals surface area contributed by atoms with Gasteiger partial charge >= 0.3 is 0 Å². The second-order valence-electron chi connectivity index (χ2n) is 4.48. The standard InChI is InChI=1S/C16H16O4/c1-20-13-7-8-14(16(19)10-13)15(18)9-4-11-2-5-12(17)6-3-11/h2-10,14,16-17,19H,1H3. The number of allylic oxidation sites excluding steroid dienone is 2. The molecule has 20 heavy (non-hydrogen) atoms. The van der Waals surface area contributed by atoms with Gasteiger partial charge in [-0.15, -0.1) is 0 Å². The number of hydrogen-bond donors (Lipinski definition) is 2. The maximum absolute atomic E-state index is 12.0. The molecule has 0 spiro atoms. The molecule has 2 N–H and O–H groups in total. The Balaban J connectivity index is 2.04. The molecule has 1 aliphatic carbocycles. The minimum atomic E-state index is -0.882. The van der Waals surface area contributed by atoms with E-state index >= 15 is 0 Å². The van der Waals surface area contributed by atoms with Crippen LogP contribution in [0.1, 0.15) is 5.56 Å². The maximum atomic E-state index is 12.0. The Bertz CT molecular complexity index is 567. The summed E-state index contributed by atoms with van der Waals surface area (Å²) in [7, 11) is 1.51. The van der Waals surface area contributed by atoms with Crippen molar-refractivity contribution in [3.05, 3.63) is 59.9 Å². The number of carbonyl (C=O) groups excluding carboxylic acids is 1. The Hall–Kier alpha value is -2.33. The minimum Gasteiger partial charge on any atom is -0.508 e. The number of benzene rings is 1. The van der Waals surface area contributed by atoms with Gasteiger partial charge in [0.25, 0.3) is 0 Å². The van der Waals surface area contributed by atoms with E-state index in [-0.39, 0.29) is 11.5 Å². The largest absolute Gasteiger partial charge is 0.508 e. The molecule has 0 saturated heterocycles. The Kier molecular flexibility index (Phi) is 4.38. The number of ether oxygens (including phenoxy) is 1. The number of phenolic OH excluding ortho intramolecular Hbond substituents is 1. The summed E-state index contributed by atoms with van der Waals surface area (Å²) in [6, 6.07) is 6.50. The van der Waals surface area contributed by atoms with Crippen LogP contribution in [0.3, 0.4) is 0 Å². The van der Waals surface area contributed by atoms with Crippen LogP contribution in [0.25, 0.3) is 6.08 Å². The Morgan fingerprint density at radius 1 is 1.30 bits per heavy atom. The number of aromatic hydroxyl groups is 1. The summed E-state index contributed by atoms with van der Waals surface area (Å²) in [4.78, 5) is 12.0. The molecule has 0 heterocycles. The van der Waals surface area contributed by atoms with Crippen molar-refractivity contribution in [1.82, 2.24) is 0 Å². The lowest BCUT2D eigenvalue weighted by atomic mass is 9.92. The molecule has 0 saturated carbocycles. The summed E-state index contributed by atoms with van der Waals surface area (Å²) >= 11 is 0. The number of rotatable bonds is 4. The summed E-state index contributed by atoms with van der Waals surface area (Å²) < 4.78 is 4.99. The third-order valence-corrected chi connectivity index (χ3v) is 3.07. The molecule has 0 aliphatic heterocycles. The quantitative estimate of drug-likeness (QED) is 0.823. The van der Waals surface area contributed by atoms with Gasteiger partial charge in [0, 0.05) is 0 Å². The number of hydrogen-bond acceptors (Lipinski definition) is 4. The summed E-state index contributed by atoms with van der Waals surface area (Å²) in [6.45, 7) is 0. The van der Waals surface area contributed by atoms with E-state index in [1.165, 1.54) is 19.3 Å². The molecule has 1 aromatic rings. The van der Waals surface area contributed by atoms with Gasteiger partial charge in [0.1, 0.15) is 11.5 Å². The molecule has 4 heteroatoms. The fourth-order valence-electron chi connectivity index (χ4n) is 1.91. The third kappa shape index (κ3) is 3.36. The molecule has 104 valence electrons. The van der Waals surface area contributed by atoms with Crippen LogP contribution in [0.5, 0.6) is 5.75 Å². The van der Waals surface area contributed by atoms with Crippen molar-refractivity contribution in [3.8, 4) is 5.75 Å². The molecule has 2 unspecified atom stereocenters. The smallest absolute Gasteiger partial charge is 0.165 e. The van der Waals surface area contributed by atoms with Gasteiger partial charge < -0.3 is 14.9 Å². The monoisotopic (exact) mass is 272 g/mol. The average Bonchev–Trinajstić information content (AvgIpc) is 2.46. The van der Waals surface area contributed by atoms with E-state index in [4.69, 9.17) is 9.84 Å². The van der Waals surface area contributed by atoms with Gasteiger partial charge in [-0.25, -0.2) is 0 Å². The topological polar surface area (TPSA) is 66.8 Å². The molecule has 0 aromatic heterocycles. The van der Waals surface area contributed by atoms with Crippen LogP contribution < -0.4 is 0 Å². The highest BCUT2D eigenvalue weighted by molar-refractivity contribution is 5.97. The fourth-order valence-corrected chi connectivity index (χ4v) is 1.91. The van der Waals surface area contributed by atoms with Gasteiger partial charge in [0.05, 0.1) is 19.1 Å². The molecule has 0 amide bonds. The molecular weight excluding hydrogens is 256 g/mol. The van der Waals surface area contributed by atoms with Crippen LogP contribution in [-0.2, 0) is 9.53 Å². The predicted octanol–water partition coefficient (Wildman–Crippen LogP) is 2.05. The number of aliphatic hydroxyl groups is 1. The van der Waals surface area contributed by atoms with E-state index in [2.05, 4.69) is 0 Å². The first kappa shape index (κ1) is 14.1. The maximum Gasteiger partial charge on any atom is 0.165 e. The zero-order valence-corrected chi connectivity index (χ0v) is 11.1. The normalized spacial score (nSPS) is 21.8. The van der Waals surface area contributed by atoms with Gasteiger partial charge in [-0.1, -0.05) is 24.3 Å². The summed E-state index contributed by atoms with van der Waals surface area (Å²) in [5, 5.41) is 19.0. The van der Waals surface area contributed by atoms with Crippen LogP contribution in [-0.4, -0.2) is 29.2 Å². The molecule has 1 aromatic carbocycles. The van der Waals surface area contributed by atoms with Crippen molar-refractivity contribution >= 4 is 11.9 Å². The number of ketones is 1. The summed E-state index contributed by atoms with van der Waals surface area (Å²) in [5.41, 5.74) is 0.804. The first-order valence-corrected chi connectivity index (χ1v) is 6.23. The van der Waals surface area contributed by atoms with Crippen molar-refractivity contribution < 1.29 is 19.7 Å². The van der Waals surface area contributed by atoms with Crippen molar-refractivity contribution in [2.24, 2.45) is 5.92 Å². The predicted molar refractivity (Wildman–Crippen MR) is 75.9 cm³/mol. The highest BCUT2D eigenvalue weighted by Gasteiger charge is 2.24. The molecule has 1 aliphatic rings. The van der Waals surface area contributed by atoms with Gasteiger partial charge in [-0.05, 0) is 35.9 Å². The van der Waals surface area contributed by atoms with Gasteiger partial charge in [-0.2, -0.15) is 0 Å². The molecule has 2 rings (SSSR count). The fraction of sp³-hybridized carbons (Fsp3) is 0.188. The SMILES string of the molecule is COC1=CC(O)C(C(=O)C=Cc2ccc(O)cc2)C=C1. The van der Waals surface area contributed by atoms with Crippen LogP contribution in [0.4, 0.5) is 0 Å². The molecule has 0 radical (unpaired) electrons. The van der Waals surface area contributed by atoms with Crippen molar-refractivity contribution in [2.45, 2.75) is 6.10 Å². The van der Waals surface area contributed by atoms with Gasteiger partial charge in [0.15, 0.2) is 5.78 Å². The number of aliphatic hydroxyl groups excluding tert-OH is 1.